The largest absolute Gasteiger partial charge is 0.510 e. The molecule has 0 aliphatic heterocycles. The Balaban J connectivity index is 0. The van der Waals surface area contributed by atoms with Crippen LogP contribution in [0, 0.1) is 0 Å². The van der Waals surface area contributed by atoms with Gasteiger partial charge in [-0.1, -0.05) is 6.58 Å². The minimum atomic E-state index is -1.18. The summed E-state index contributed by atoms with van der Waals surface area (Å²) in [5.74, 6) is -0.400. The van der Waals surface area contributed by atoms with Gasteiger partial charge in [0.25, 0.3) is 0 Å². The third-order valence-corrected chi connectivity index (χ3v) is 0.558. The maximum absolute atomic E-state index is 8.34. The van der Waals surface area contributed by atoms with Crippen molar-refractivity contribution in [3.8, 4) is 0 Å². The highest BCUT2D eigenvalue weighted by Gasteiger charge is 2.01. The van der Waals surface area contributed by atoms with Gasteiger partial charge < -0.3 is 20.8 Å². The summed E-state index contributed by atoms with van der Waals surface area (Å²) in [4.78, 5) is 0. The molecule has 0 radical (unpaired) electrons. The second kappa shape index (κ2) is 4.58. The van der Waals surface area contributed by atoms with Gasteiger partial charge in [0.15, 0.2) is 0 Å². The Kier molecular flexibility index (Phi) is 5.95. The monoisotopic (exact) mass is 122 g/mol. The van der Waals surface area contributed by atoms with Crippen molar-refractivity contribution in [3.05, 3.63) is 12.3 Å². The molecule has 0 aliphatic carbocycles. The molecule has 0 aromatic rings. The highest BCUT2D eigenvalue weighted by Crippen LogP contribution is 1.89. The normalized spacial score (nSPS) is 11.8. The summed E-state index contributed by atoms with van der Waals surface area (Å²) in [7, 11) is 0. The van der Waals surface area contributed by atoms with E-state index >= 15 is 0 Å². The molecule has 0 bridgehead atoms. The first kappa shape index (κ1) is 10.4. The van der Waals surface area contributed by atoms with Crippen LogP contribution in [0.2, 0.25) is 0 Å². The third kappa shape index (κ3) is 3.60. The van der Waals surface area contributed by atoms with Gasteiger partial charge in [-0.25, -0.2) is 0 Å². The first-order valence-corrected chi connectivity index (χ1v) is 1.85. The van der Waals surface area contributed by atoms with Crippen LogP contribution in [0.4, 0.5) is 0 Å². The van der Waals surface area contributed by atoms with Crippen LogP contribution >= 0.6 is 0 Å². The summed E-state index contributed by atoms with van der Waals surface area (Å²) in [5, 5.41) is 24.6. The zero-order valence-electron chi connectivity index (χ0n) is 4.33. The number of aliphatic hydroxyl groups excluding tert-OH is 3. The molecule has 50 valence electrons. The Morgan fingerprint density at radius 2 is 2.00 bits per heavy atom. The molecular formula is C4H10O4. The molecule has 0 amide bonds. The van der Waals surface area contributed by atoms with Crippen LogP contribution in [0.1, 0.15) is 0 Å². The topological polar surface area (TPSA) is 92.2 Å². The lowest BCUT2D eigenvalue weighted by atomic mass is 10.3. The van der Waals surface area contributed by atoms with E-state index < -0.39 is 18.5 Å². The molecule has 0 heterocycles. The fourth-order valence-electron chi connectivity index (χ4n) is 0.105. The van der Waals surface area contributed by atoms with Crippen molar-refractivity contribution in [1.29, 1.82) is 0 Å². The average Bonchev–Trinajstić information content (AvgIpc) is 1.65. The van der Waals surface area contributed by atoms with E-state index in [0.29, 0.717) is 0 Å². The van der Waals surface area contributed by atoms with Gasteiger partial charge >= 0.3 is 0 Å². The van der Waals surface area contributed by atoms with E-state index in [1.54, 1.807) is 0 Å². The molecule has 0 rings (SSSR count). The van der Waals surface area contributed by atoms with Crippen molar-refractivity contribution in [2.75, 3.05) is 6.61 Å². The van der Waals surface area contributed by atoms with Crippen LogP contribution in [0.15, 0.2) is 12.3 Å². The molecule has 0 saturated carbocycles. The molecule has 0 saturated heterocycles. The van der Waals surface area contributed by atoms with E-state index in [-0.39, 0.29) is 5.48 Å². The smallest absolute Gasteiger partial charge is 0.133 e. The van der Waals surface area contributed by atoms with Gasteiger partial charge in [0.2, 0.25) is 0 Å². The Hall–Kier alpha value is -0.580. The quantitative estimate of drug-likeness (QED) is 0.393. The molecule has 1 unspecified atom stereocenters. The average molecular weight is 122 g/mol. The number of hydrogen-bond donors (Lipinski definition) is 3. The SMILES string of the molecule is C=C(O)C(O)CO.O. The molecule has 4 heteroatoms. The molecule has 0 aromatic carbocycles. The Labute approximate surface area is 47.0 Å². The van der Waals surface area contributed by atoms with Crippen LogP contribution in [0.3, 0.4) is 0 Å². The van der Waals surface area contributed by atoms with Gasteiger partial charge in [0, 0.05) is 0 Å². The molecule has 4 nitrogen and oxygen atoms in total. The van der Waals surface area contributed by atoms with Crippen molar-refractivity contribution in [2.24, 2.45) is 0 Å². The zero-order valence-corrected chi connectivity index (χ0v) is 4.33. The van der Waals surface area contributed by atoms with Gasteiger partial charge in [0.1, 0.15) is 11.9 Å². The zero-order chi connectivity index (χ0) is 5.86. The summed E-state index contributed by atoms with van der Waals surface area (Å²) in [6, 6.07) is 0. The predicted molar refractivity (Wildman–Crippen MR) is 28.5 cm³/mol. The lowest BCUT2D eigenvalue weighted by Crippen LogP contribution is -2.13. The molecule has 0 aromatic heterocycles. The van der Waals surface area contributed by atoms with Gasteiger partial charge in [-0.05, 0) is 0 Å². The molecule has 1 atom stereocenters. The maximum Gasteiger partial charge on any atom is 0.133 e. The molecule has 0 fully saturated rings. The van der Waals surface area contributed by atoms with E-state index in [2.05, 4.69) is 6.58 Å². The molecule has 5 N–H and O–H groups in total. The number of aliphatic hydroxyl groups is 3. The van der Waals surface area contributed by atoms with Crippen LogP contribution in [0.5, 0.6) is 0 Å². The molecular weight excluding hydrogens is 112 g/mol. The van der Waals surface area contributed by atoms with Crippen LogP contribution in [0.25, 0.3) is 0 Å². The van der Waals surface area contributed by atoms with E-state index in [9.17, 15) is 0 Å². The molecule has 8 heavy (non-hydrogen) atoms. The minimum Gasteiger partial charge on any atom is -0.510 e. The number of hydrogen-bond acceptors (Lipinski definition) is 3. The Morgan fingerprint density at radius 3 is 2.00 bits per heavy atom. The maximum atomic E-state index is 8.34. The highest BCUT2D eigenvalue weighted by atomic mass is 16.3. The van der Waals surface area contributed by atoms with Crippen molar-refractivity contribution in [3.63, 3.8) is 0 Å². The van der Waals surface area contributed by atoms with E-state index in [1.165, 1.54) is 0 Å². The fourth-order valence-corrected chi connectivity index (χ4v) is 0.105. The standard InChI is InChI=1S/C4H8O3.H2O/c1-3(6)4(7)2-5;/h4-7H,1-2H2;1H2. The second-order valence-electron chi connectivity index (χ2n) is 1.19. The van der Waals surface area contributed by atoms with E-state index in [4.69, 9.17) is 15.3 Å². The Bertz CT molecular complexity index is 70.4. The summed E-state index contributed by atoms with van der Waals surface area (Å²) < 4.78 is 0. The van der Waals surface area contributed by atoms with Gasteiger partial charge in [-0.15, -0.1) is 0 Å². The van der Waals surface area contributed by atoms with Gasteiger partial charge in [-0.2, -0.15) is 0 Å². The summed E-state index contributed by atoms with van der Waals surface area (Å²) in [6.45, 7) is 2.49. The first-order valence-electron chi connectivity index (χ1n) is 1.85. The van der Waals surface area contributed by atoms with Gasteiger partial charge in [-0.3, -0.25) is 0 Å². The van der Waals surface area contributed by atoms with Crippen molar-refractivity contribution < 1.29 is 20.8 Å². The number of rotatable bonds is 2. The fraction of sp³-hybridized carbons (Fsp3) is 0.500. The Morgan fingerprint density at radius 1 is 1.62 bits per heavy atom. The van der Waals surface area contributed by atoms with Crippen molar-refractivity contribution >= 4 is 0 Å². The van der Waals surface area contributed by atoms with Crippen LogP contribution in [-0.4, -0.2) is 33.5 Å². The second-order valence-corrected chi connectivity index (χ2v) is 1.19. The van der Waals surface area contributed by atoms with E-state index in [1.807, 2.05) is 0 Å². The highest BCUT2D eigenvalue weighted by molar-refractivity contribution is 4.87. The third-order valence-electron chi connectivity index (χ3n) is 0.558. The van der Waals surface area contributed by atoms with Crippen molar-refractivity contribution in [1.82, 2.24) is 0 Å². The summed E-state index contributed by atoms with van der Waals surface area (Å²) >= 11 is 0. The molecule has 0 aliphatic rings. The summed E-state index contributed by atoms with van der Waals surface area (Å²) in [6.07, 6.45) is -1.18. The van der Waals surface area contributed by atoms with Crippen molar-refractivity contribution in [2.45, 2.75) is 6.10 Å². The summed E-state index contributed by atoms with van der Waals surface area (Å²) in [5.41, 5.74) is 0. The van der Waals surface area contributed by atoms with E-state index in [0.717, 1.165) is 0 Å². The lowest BCUT2D eigenvalue weighted by Gasteiger charge is -2.00. The van der Waals surface area contributed by atoms with Gasteiger partial charge in [0.05, 0.1) is 6.61 Å². The molecule has 0 spiro atoms. The lowest BCUT2D eigenvalue weighted by molar-refractivity contribution is 0.0880. The minimum absolute atomic E-state index is 0. The predicted octanol–water partition coefficient (Wildman–Crippen LogP) is -1.41. The van der Waals surface area contributed by atoms with Crippen LogP contribution in [-0.2, 0) is 0 Å². The van der Waals surface area contributed by atoms with Crippen LogP contribution < -0.4 is 0 Å². The first-order chi connectivity index (χ1) is 3.18.